The average Bonchev–Trinajstić information content (AvgIpc) is 3.00. The van der Waals surface area contributed by atoms with E-state index in [0.29, 0.717) is 12.1 Å². The van der Waals surface area contributed by atoms with Crippen LogP contribution >= 0.6 is 0 Å². The van der Waals surface area contributed by atoms with E-state index in [1.54, 1.807) is 10.9 Å². The van der Waals surface area contributed by atoms with Crippen LogP contribution < -0.4 is 10.6 Å². The van der Waals surface area contributed by atoms with Crippen molar-refractivity contribution < 1.29 is 14.0 Å². The maximum Gasteiger partial charge on any atom is 0.251 e. The number of carbonyl (C=O) groups excluding carboxylic acids is 2. The van der Waals surface area contributed by atoms with Crippen LogP contribution in [0.25, 0.3) is 0 Å². The van der Waals surface area contributed by atoms with E-state index in [0.717, 1.165) is 0 Å². The summed E-state index contributed by atoms with van der Waals surface area (Å²) in [5.41, 5.74) is 0.360. The van der Waals surface area contributed by atoms with Gasteiger partial charge in [-0.3, -0.25) is 14.3 Å². The van der Waals surface area contributed by atoms with Gasteiger partial charge < -0.3 is 10.6 Å². The van der Waals surface area contributed by atoms with Crippen LogP contribution in [0.2, 0.25) is 0 Å². The number of amides is 2. The molecule has 2 aromatic rings. The van der Waals surface area contributed by atoms with Gasteiger partial charge in [0.05, 0.1) is 6.54 Å². The minimum atomic E-state index is -0.396. The zero-order valence-corrected chi connectivity index (χ0v) is 12.8. The molecule has 0 unspecified atom stereocenters. The Labute approximate surface area is 133 Å². The fourth-order valence-corrected chi connectivity index (χ4v) is 2.07. The molecule has 0 saturated carbocycles. The van der Waals surface area contributed by atoms with Crippen LogP contribution in [0.5, 0.6) is 0 Å². The van der Waals surface area contributed by atoms with E-state index in [2.05, 4.69) is 15.7 Å². The van der Waals surface area contributed by atoms with Gasteiger partial charge in [0.2, 0.25) is 5.91 Å². The molecule has 122 valence electrons. The zero-order chi connectivity index (χ0) is 16.7. The monoisotopic (exact) mass is 318 g/mol. The van der Waals surface area contributed by atoms with Crippen LogP contribution in [0.4, 0.5) is 4.39 Å². The molecule has 2 rings (SSSR count). The normalized spacial score (nSPS) is 11.7. The molecular weight excluding hydrogens is 299 g/mol. The largest absolute Gasteiger partial charge is 0.352 e. The number of carbonyl (C=O) groups is 2. The lowest BCUT2D eigenvalue weighted by Crippen LogP contribution is -2.37. The Morgan fingerprint density at radius 1 is 1.30 bits per heavy atom. The van der Waals surface area contributed by atoms with E-state index in [9.17, 15) is 14.0 Å². The Kier molecular flexibility index (Phi) is 5.85. The maximum atomic E-state index is 12.8. The van der Waals surface area contributed by atoms with Crippen molar-refractivity contribution in [2.45, 2.75) is 25.9 Å². The number of nitrogens with one attached hydrogen (secondary N) is 2. The van der Waals surface area contributed by atoms with E-state index in [4.69, 9.17) is 0 Å². The second kappa shape index (κ2) is 8.07. The first-order chi connectivity index (χ1) is 11.0. The third kappa shape index (κ3) is 5.54. The predicted molar refractivity (Wildman–Crippen MR) is 83.2 cm³/mol. The van der Waals surface area contributed by atoms with Crippen LogP contribution in [0.3, 0.4) is 0 Å². The summed E-state index contributed by atoms with van der Waals surface area (Å²) >= 11 is 0. The first kappa shape index (κ1) is 16.7. The van der Waals surface area contributed by atoms with Gasteiger partial charge in [-0.05, 0) is 37.3 Å². The molecule has 0 spiro atoms. The smallest absolute Gasteiger partial charge is 0.251 e. The van der Waals surface area contributed by atoms with Crippen molar-refractivity contribution in [3.8, 4) is 0 Å². The molecule has 0 radical (unpaired) electrons. The lowest BCUT2D eigenvalue weighted by atomic mass is 10.2. The summed E-state index contributed by atoms with van der Waals surface area (Å²) < 4.78 is 14.5. The minimum Gasteiger partial charge on any atom is -0.352 e. The van der Waals surface area contributed by atoms with Gasteiger partial charge in [0, 0.05) is 37.0 Å². The fraction of sp³-hybridized carbons (Fsp3) is 0.312. The molecule has 6 nitrogen and oxygen atoms in total. The Morgan fingerprint density at radius 2 is 2.04 bits per heavy atom. The fourth-order valence-electron chi connectivity index (χ4n) is 2.07. The van der Waals surface area contributed by atoms with Crippen LogP contribution in [0.15, 0.2) is 42.7 Å². The molecule has 7 heteroatoms. The summed E-state index contributed by atoms with van der Waals surface area (Å²) in [6, 6.07) is 7.00. The van der Waals surface area contributed by atoms with E-state index in [1.165, 1.54) is 24.3 Å². The zero-order valence-electron chi connectivity index (χ0n) is 12.8. The summed E-state index contributed by atoms with van der Waals surface area (Å²) in [4.78, 5) is 23.6. The minimum absolute atomic E-state index is 0.0600. The van der Waals surface area contributed by atoms with Crippen molar-refractivity contribution in [3.63, 3.8) is 0 Å². The second-order valence-corrected chi connectivity index (χ2v) is 5.21. The third-order valence-electron chi connectivity index (χ3n) is 3.17. The molecule has 0 aliphatic carbocycles. The van der Waals surface area contributed by atoms with Gasteiger partial charge in [-0.1, -0.05) is 0 Å². The molecule has 1 atom stereocenters. The number of hydrogen-bond donors (Lipinski definition) is 2. The molecule has 1 heterocycles. The maximum absolute atomic E-state index is 12.8. The van der Waals surface area contributed by atoms with Gasteiger partial charge >= 0.3 is 0 Å². The molecule has 23 heavy (non-hydrogen) atoms. The van der Waals surface area contributed by atoms with Gasteiger partial charge in [-0.25, -0.2) is 4.39 Å². The number of halogens is 1. The molecule has 0 aliphatic heterocycles. The molecule has 2 N–H and O–H groups in total. The van der Waals surface area contributed by atoms with Crippen molar-refractivity contribution in [1.82, 2.24) is 20.4 Å². The van der Waals surface area contributed by atoms with Gasteiger partial charge in [0.1, 0.15) is 5.82 Å². The van der Waals surface area contributed by atoms with Crippen LogP contribution in [-0.4, -0.2) is 34.2 Å². The number of nitrogens with zero attached hydrogens (tertiary/aromatic N) is 2. The van der Waals surface area contributed by atoms with Crippen molar-refractivity contribution in [2.24, 2.45) is 0 Å². The first-order valence-corrected chi connectivity index (χ1v) is 7.35. The lowest BCUT2D eigenvalue weighted by molar-refractivity contribution is -0.121. The molecule has 2 amide bonds. The highest BCUT2D eigenvalue weighted by atomic mass is 19.1. The average molecular weight is 318 g/mol. The highest BCUT2D eigenvalue weighted by Gasteiger charge is 2.09. The van der Waals surface area contributed by atoms with Crippen molar-refractivity contribution in [3.05, 3.63) is 54.1 Å². The Hall–Kier alpha value is -2.70. The number of rotatable bonds is 7. The predicted octanol–water partition coefficient (Wildman–Crippen LogP) is 1.35. The third-order valence-corrected chi connectivity index (χ3v) is 3.17. The van der Waals surface area contributed by atoms with Crippen molar-refractivity contribution >= 4 is 11.8 Å². The van der Waals surface area contributed by atoms with Gasteiger partial charge in [0.25, 0.3) is 5.91 Å². The summed E-state index contributed by atoms with van der Waals surface area (Å²) in [6.07, 6.45) is 3.68. The molecular formula is C16H19FN4O2. The van der Waals surface area contributed by atoms with Crippen LogP contribution in [-0.2, 0) is 11.3 Å². The van der Waals surface area contributed by atoms with E-state index < -0.39 is 5.82 Å². The summed E-state index contributed by atoms with van der Waals surface area (Å²) in [6.45, 7) is 2.69. The Balaban J connectivity index is 1.68. The van der Waals surface area contributed by atoms with Gasteiger partial charge in [0.15, 0.2) is 0 Å². The molecule has 0 bridgehead atoms. The van der Waals surface area contributed by atoms with E-state index in [-0.39, 0.29) is 30.8 Å². The van der Waals surface area contributed by atoms with E-state index in [1.807, 2.05) is 19.2 Å². The Morgan fingerprint density at radius 3 is 2.70 bits per heavy atom. The molecule has 0 fully saturated rings. The molecule has 1 aromatic heterocycles. The quantitative estimate of drug-likeness (QED) is 0.809. The van der Waals surface area contributed by atoms with Crippen LogP contribution in [0.1, 0.15) is 23.7 Å². The highest BCUT2D eigenvalue weighted by molar-refractivity contribution is 5.94. The van der Waals surface area contributed by atoms with Gasteiger partial charge in [-0.15, -0.1) is 0 Å². The lowest BCUT2D eigenvalue weighted by Gasteiger charge is -2.14. The second-order valence-electron chi connectivity index (χ2n) is 5.21. The number of aromatic nitrogens is 2. The summed E-state index contributed by atoms with van der Waals surface area (Å²) in [5.74, 6) is -0.876. The number of hydrogen-bond acceptors (Lipinski definition) is 3. The first-order valence-electron chi connectivity index (χ1n) is 7.35. The van der Waals surface area contributed by atoms with Crippen molar-refractivity contribution in [2.75, 3.05) is 6.54 Å². The number of benzene rings is 1. The highest BCUT2D eigenvalue weighted by Crippen LogP contribution is 2.02. The molecule has 0 saturated heterocycles. The Bertz CT molecular complexity index is 641. The SMILES string of the molecule is C[C@H](Cn1cccn1)NC(=O)CCNC(=O)c1ccc(F)cc1. The van der Waals surface area contributed by atoms with Crippen molar-refractivity contribution in [1.29, 1.82) is 0 Å². The van der Waals surface area contributed by atoms with E-state index >= 15 is 0 Å². The standard InChI is InChI=1S/C16H19FN4O2/c1-12(11-21-10-2-8-19-21)20-15(22)7-9-18-16(23)13-3-5-14(17)6-4-13/h2-6,8,10,12H,7,9,11H2,1H3,(H,18,23)(H,20,22)/t12-/m1/s1. The summed E-state index contributed by atoms with van der Waals surface area (Å²) in [7, 11) is 0. The topological polar surface area (TPSA) is 76.0 Å². The molecule has 0 aliphatic rings. The summed E-state index contributed by atoms with van der Waals surface area (Å²) in [5, 5.41) is 9.54. The molecule has 1 aromatic carbocycles. The van der Waals surface area contributed by atoms with Crippen LogP contribution in [0, 0.1) is 5.82 Å². The van der Waals surface area contributed by atoms with Gasteiger partial charge in [-0.2, -0.15) is 5.10 Å².